The number of Topliss-reactive ketones (excluding diaryl/α,β-unsaturated/α-hetero) is 1. The van der Waals surface area contributed by atoms with Gasteiger partial charge in [-0.05, 0) is 13.3 Å². The minimum Gasteiger partial charge on any atom is -0.382 e. The average Bonchev–Trinajstić information content (AvgIpc) is 2.15. The first-order chi connectivity index (χ1) is 7.16. The van der Waals surface area contributed by atoms with Crippen LogP contribution in [0.1, 0.15) is 19.8 Å². The number of nitrogens with one attached hydrogen (secondary N) is 1. The van der Waals surface area contributed by atoms with Gasteiger partial charge in [0.2, 0.25) is 5.91 Å². The maximum Gasteiger partial charge on any atom is 0.227 e. The van der Waals surface area contributed by atoms with E-state index >= 15 is 0 Å². The number of hydrogen-bond donors (Lipinski definition) is 1. The van der Waals surface area contributed by atoms with Crippen LogP contribution in [0.3, 0.4) is 0 Å². The van der Waals surface area contributed by atoms with Crippen LogP contribution >= 0.6 is 0 Å². The van der Waals surface area contributed by atoms with E-state index in [0.29, 0.717) is 26.4 Å². The van der Waals surface area contributed by atoms with Crippen molar-refractivity contribution in [2.45, 2.75) is 19.8 Å². The first-order valence-corrected chi connectivity index (χ1v) is 4.99. The maximum atomic E-state index is 11.0. The number of hydrogen-bond acceptors (Lipinski definition) is 4. The first-order valence-electron chi connectivity index (χ1n) is 4.99. The molecule has 0 atom stereocenters. The Bertz CT molecular complexity index is 194. The summed E-state index contributed by atoms with van der Waals surface area (Å²) in [6.07, 6.45) is 0.706. The SMILES string of the molecule is COCCOCCCNC(=O)CC(C)=O. The summed E-state index contributed by atoms with van der Waals surface area (Å²) < 4.78 is 9.99. The zero-order valence-corrected chi connectivity index (χ0v) is 9.38. The van der Waals surface area contributed by atoms with Gasteiger partial charge in [0, 0.05) is 20.3 Å². The minimum absolute atomic E-state index is 0.0372. The molecule has 0 rings (SSSR count). The number of amides is 1. The Morgan fingerprint density at radius 1 is 1.20 bits per heavy atom. The van der Waals surface area contributed by atoms with Crippen molar-refractivity contribution in [2.75, 3.05) is 33.5 Å². The van der Waals surface area contributed by atoms with Crippen LogP contribution in [0, 0.1) is 0 Å². The van der Waals surface area contributed by atoms with Gasteiger partial charge in [0.05, 0.1) is 19.6 Å². The number of rotatable bonds is 9. The van der Waals surface area contributed by atoms with Crippen molar-refractivity contribution in [2.24, 2.45) is 0 Å². The second-order valence-electron chi connectivity index (χ2n) is 3.19. The van der Waals surface area contributed by atoms with Crippen LogP contribution in [0.15, 0.2) is 0 Å². The molecule has 0 aliphatic heterocycles. The summed E-state index contributed by atoms with van der Waals surface area (Å²) in [6, 6.07) is 0. The lowest BCUT2D eigenvalue weighted by Crippen LogP contribution is -2.26. The summed E-state index contributed by atoms with van der Waals surface area (Å²) in [5.74, 6) is -0.344. The number of carbonyl (C=O) groups excluding carboxylic acids is 2. The Morgan fingerprint density at radius 3 is 2.53 bits per heavy atom. The molecular formula is C10H19NO4. The van der Waals surface area contributed by atoms with Gasteiger partial charge in [0.1, 0.15) is 5.78 Å². The molecule has 0 spiro atoms. The quantitative estimate of drug-likeness (QED) is 0.440. The molecule has 0 aromatic rings. The first kappa shape index (κ1) is 14.1. The Labute approximate surface area is 90.1 Å². The third-order valence-electron chi connectivity index (χ3n) is 1.63. The molecule has 0 aliphatic rings. The van der Waals surface area contributed by atoms with Crippen LogP contribution in [-0.2, 0) is 19.1 Å². The highest BCUT2D eigenvalue weighted by Gasteiger charge is 2.02. The van der Waals surface area contributed by atoms with Crippen molar-refractivity contribution in [1.82, 2.24) is 5.32 Å². The van der Waals surface area contributed by atoms with Crippen molar-refractivity contribution in [3.05, 3.63) is 0 Å². The summed E-state index contributed by atoms with van der Waals surface area (Å²) in [4.78, 5) is 21.6. The fourth-order valence-corrected chi connectivity index (χ4v) is 0.935. The van der Waals surface area contributed by atoms with Gasteiger partial charge < -0.3 is 14.8 Å². The van der Waals surface area contributed by atoms with E-state index in [2.05, 4.69) is 5.32 Å². The van der Waals surface area contributed by atoms with Gasteiger partial charge in [-0.25, -0.2) is 0 Å². The van der Waals surface area contributed by atoms with Gasteiger partial charge in [0.15, 0.2) is 0 Å². The Morgan fingerprint density at radius 2 is 1.93 bits per heavy atom. The Balaban J connectivity index is 3.16. The molecule has 0 heterocycles. The Kier molecular flexibility index (Phi) is 9.01. The van der Waals surface area contributed by atoms with Crippen molar-refractivity contribution in [1.29, 1.82) is 0 Å². The molecule has 0 aromatic heterocycles. The van der Waals surface area contributed by atoms with Crippen LogP contribution in [-0.4, -0.2) is 45.2 Å². The topological polar surface area (TPSA) is 64.6 Å². The van der Waals surface area contributed by atoms with E-state index in [0.717, 1.165) is 6.42 Å². The Hall–Kier alpha value is -0.940. The highest BCUT2D eigenvalue weighted by Crippen LogP contribution is 1.84. The predicted molar refractivity (Wildman–Crippen MR) is 55.6 cm³/mol. The standard InChI is InChI=1S/C10H19NO4/c1-9(12)8-10(13)11-4-3-5-15-7-6-14-2/h3-8H2,1-2H3,(H,11,13). The zero-order chi connectivity index (χ0) is 11.5. The molecule has 88 valence electrons. The van der Waals surface area contributed by atoms with E-state index in [1.165, 1.54) is 6.92 Å². The fraction of sp³-hybridized carbons (Fsp3) is 0.800. The van der Waals surface area contributed by atoms with Gasteiger partial charge in [-0.3, -0.25) is 9.59 Å². The van der Waals surface area contributed by atoms with Crippen LogP contribution in [0.5, 0.6) is 0 Å². The van der Waals surface area contributed by atoms with Crippen molar-refractivity contribution < 1.29 is 19.1 Å². The van der Waals surface area contributed by atoms with Crippen molar-refractivity contribution in [3.63, 3.8) is 0 Å². The van der Waals surface area contributed by atoms with Gasteiger partial charge in [-0.15, -0.1) is 0 Å². The van der Waals surface area contributed by atoms with Gasteiger partial charge in [0.25, 0.3) is 0 Å². The fourth-order valence-electron chi connectivity index (χ4n) is 0.935. The molecule has 0 aliphatic carbocycles. The molecule has 0 fully saturated rings. The van der Waals surface area contributed by atoms with Gasteiger partial charge in [-0.2, -0.15) is 0 Å². The average molecular weight is 217 g/mol. The second kappa shape index (κ2) is 9.61. The second-order valence-corrected chi connectivity index (χ2v) is 3.19. The molecule has 0 saturated carbocycles. The lowest BCUT2D eigenvalue weighted by Gasteiger charge is -2.04. The van der Waals surface area contributed by atoms with Crippen LogP contribution in [0.2, 0.25) is 0 Å². The number of ketones is 1. The summed E-state index contributed by atoms with van der Waals surface area (Å²) in [5, 5.41) is 2.63. The molecule has 1 N–H and O–H groups in total. The van der Waals surface area contributed by atoms with Crippen LogP contribution < -0.4 is 5.32 Å². The number of ether oxygens (including phenoxy) is 2. The molecule has 5 nitrogen and oxygen atoms in total. The highest BCUT2D eigenvalue weighted by molar-refractivity contribution is 5.96. The number of methoxy groups -OCH3 is 1. The number of carbonyl (C=O) groups is 2. The molecule has 0 bridgehead atoms. The molecule has 1 amide bonds. The normalized spacial score (nSPS) is 10.0. The zero-order valence-electron chi connectivity index (χ0n) is 9.38. The van der Waals surface area contributed by atoms with Crippen LogP contribution in [0.4, 0.5) is 0 Å². The smallest absolute Gasteiger partial charge is 0.227 e. The van der Waals surface area contributed by atoms with Crippen molar-refractivity contribution in [3.8, 4) is 0 Å². The molecular weight excluding hydrogens is 198 g/mol. The summed E-state index contributed by atoms with van der Waals surface area (Å²) in [7, 11) is 1.62. The third-order valence-corrected chi connectivity index (χ3v) is 1.63. The highest BCUT2D eigenvalue weighted by atomic mass is 16.5. The van der Waals surface area contributed by atoms with Gasteiger partial charge >= 0.3 is 0 Å². The maximum absolute atomic E-state index is 11.0. The molecule has 15 heavy (non-hydrogen) atoms. The monoisotopic (exact) mass is 217 g/mol. The molecule has 0 saturated heterocycles. The predicted octanol–water partition coefficient (Wildman–Crippen LogP) is 0.135. The van der Waals surface area contributed by atoms with E-state index in [4.69, 9.17) is 9.47 Å². The molecule has 0 aromatic carbocycles. The third kappa shape index (κ3) is 11.0. The lowest BCUT2D eigenvalue weighted by atomic mass is 10.3. The summed E-state index contributed by atoms with van der Waals surface area (Å²) in [6.45, 7) is 3.67. The molecule has 5 heteroatoms. The van der Waals surface area contributed by atoms with E-state index < -0.39 is 0 Å². The lowest BCUT2D eigenvalue weighted by molar-refractivity contribution is -0.127. The molecule has 0 radical (unpaired) electrons. The van der Waals surface area contributed by atoms with E-state index in [1.54, 1.807) is 7.11 Å². The summed E-state index contributed by atoms with van der Waals surface area (Å²) in [5.41, 5.74) is 0. The largest absolute Gasteiger partial charge is 0.382 e. The minimum atomic E-state index is -0.223. The molecule has 0 unspecified atom stereocenters. The van der Waals surface area contributed by atoms with Crippen molar-refractivity contribution >= 4 is 11.7 Å². The van der Waals surface area contributed by atoms with E-state index in [9.17, 15) is 9.59 Å². The summed E-state index contributed by atoms with van der Waals surface area (Å²) >= 11 is 0. The van der Waals surface area contributed by atoms with E-state index in [1.807, 2.05) is 0 Å². The van der Waals surface area contributed by atoms with E-state index in [-0.39, 0.29) is 18.1 Å². The van der Waals surface area contributed by atoms with Gasteiger partial charge in [-0.1, -0.05) is 0 Å². The van der Waals surface area contributed by atoms with Crippen LogP contribution in [0.25, 0.3) is 0 Å².